The Balaban J connectivity index is 1.88. The number of hydrogen-bond donors (Lipinski definition) is 2. The van der Waals surface area contributed by atoms with Gasteiger partial charge in [0.1, 0.15) is 17.7 Å². The number of para-hydroxylation sites is 1. The zero-order chi connectivity index (χ0) is 17.3. The van der Waals surface area contributed by atoms with E-state index in [1.165, 1.54) is 0 Å². The fourth-order valence-corrected chi connectivity index (χ4v) is 2.61. The van der Waals surface area contributed by atoms with Gasteiger partial charge in [-0.25, -0.2) is 4.68 Å². The predicted molar refractivity (Wildman–Crippen MR) is 89.6 cm³/mol. The maximum Gasteiger partial charge on any atom is 0.257 e. The number of anilines is 1. The number of amides is 1. The summed E-state index contributed by atoms with van der Waals surface area (Å²) in [5.74, 6) is 0.680. The van der Waals surface area contributed by atoms with Crippen molar-refractivity contribution in [3.63, 3.8) is 0 Å². The van der Waals surface area contributed by atoms with Gasteiger partial charge in [0, 0.05) is 7.05 Å². The molecule has 2 aromatic heterocycles. The van der Waals surface area contributed by atoms with E-state index in [0.717, 1.165) is 5.69 Å². The van der Waals surface area contributed by atoms with Crippen molar-refractivity contribution in [3.05, 3.63) is 53.7 Å². The number of benzene rings is 1. The van der Waals surface area contributed by atoms with E-state index in [4.69, 9.17) is 5.73 Å². The van der Waals surface area contributed by atoms with E-state index in [9.17, 15) is 4.79 Å². The highest BCUT2D eigenvalue weighted by atomic mass is 16.1. The van der Waals surface area contributed by atoms with Gasteiger partial charge in [0.2, 0.25) is 0 Å². The van der Waals surface area contributed by atoms with Gasteiger partial charge in [0.25, 0.3) is 5.91 Å². The van der Waals surface area contributed by atoms with Crippen molar-refractivity contribution in [1.82, 2.24) is 29.9 Å². The maximum absolute atomic E-state index is 12.6. The molecule has 0 unspecified atom stereocenters. The Bertz CT molecular complexity index is 866. The third-order valence-electron chi connectivity index (χ3n) is 3.81. The van der Waals surface area contributed by atoms with Crippen molar-refractivity contribution in [2.75, 3.05) is 5.73 Å². The van der Waals surface area contributed by atoms with Crippen molar-refractivity contribution in [3.8, 4) is 5.69 Å². The van der Waals surface area contributed by atoms with Crippen LogP contribution in [-0.4, -0.2) is 30.5 Å². The van der Waals surface area contributed by atoms with Gasteiger partial charge in [-0.2, -0.15) is 5.10 Å². The smallest absolute Gasteiger partial charge is 0.257 e. The molecule has 124 valence electrons. The van der Waals surface area contributed by atoms with Crippen LogP contribution in [0.25, 0.3) is 5.69 Å². The Morgan fingerprint density at radius 3 is 2.62 bits per heavy atom. The van der Waals surface area contributed by atoms with Crippen LogP contribution in [0.15, 0.2) is 36.7 Å². The first kappa shape index (κ1) is 15.7. The van der Waals surface area contributed by atoms with Crippen molar-refractivity contribution >= 4 is 11.7 Å². The first-order chi connectivity index (χ1) is 11.5. The Labute approximate surface area is 139 Å². The number of rotatable bonds is 4. The molecule has 8 nitrogen and oxygen atoms in total. The lowest BCUT2D eigenvalue weighted by molar-refractivity contribution is 0.0938. The van der Waals surface area contributed by atoms with E-state index in [1.54, 1.807) is 22.5 Å². The number of nitrogen functional groups attached to an aromatic ring is 1. The molecule has 0 spiro atoms. The molecule has 3 N–H and O–H groups in total. The molecule has 0 saturated heterocycles. The van der Waals surface area contributed by atoms with Crippen molar-refractivity contribution in [1.29, 1.82) is 0 Å². The van der Waals surface area contributed by atoms with Gasteiger partial charge in [-0.1, -0.05) is 18.2 Å². The van der Waals surface area contributed by atoms with Crippen molar-refractivity contribution in [2.45, 2.75) is 19.9 Å². The molecular formula is C16H19N7O. The molecule has 3 aromatic rings. The summed E-state index contributed by atoms with van der Waals surface area (Å²) >= 11 is 0. The number of nitrogens with zero attached hydrogens (tertiary/aromatic N) is 5. The van der Waals surface area contributed by atoms with E-state index in [2.05, 4.69) is 20.6 Å². The second-order valence-electron chi connectivity index (χ2n) is 5.59. The van der Waals surface area contributed by atoms with Gasteiger partial charge in [-0.05, 0) is 26.0 Å². The third-order valence-corrected chi connectivity index (χ3v) is 3.81. The number of carbonyl (C=O) groups is 1. The van der Waals surface area contributed by atoms with E-state index < -0.39 is 0 Å². The monoisotopic (exact) mass is 325 g/mol. The van der Waals surface area contributed by atoms with Crippen molar-refractivity contribution < 1.29 is 4.79 Å². The summed E-state index contributed by atoms with van der Waals surface area (Å²) in [6.07, 6.45) is 1.59. The van der Waals surface area contributed by atoms with Crippen LogP contribution in [0.2, 0.25) is 0 Å². The summed E-state index contributed by atoms with van der Waals surface area (Å²) in [7, 11) is 1.82. The van der Waals surface area contributed by atoms with E-state index >= 15 is 0 Å². The zero-order valence-corrected chi connectivity index (χ0v) is 13.8. The molecule has 0 fully saturated rings. The molecule has 1 aromatic carbocycles. The fraction of sp³-hybridized carbons (Fsp3) is 0.250. The van der Waals surface area contributed by atoms with Gasteiger partial charge in [0.05, 0.1) is 17.4 Å². The highest BCUT2D eigenvalue weighted by molar-refractivity contribution is 6.00. The normalized spacial score (nSPS) is 12.1. The van der Waals surface area contributed by atoms with Crippen LogP contribution in [0, 0.1) is 6.92 Å². The molecule has 8 heteroatoms. The Morgan fingerprint density at radius 1 is 1.29 bits per heavy atom. The Morgan fingerprint density at radius 2 is 2.00 bits per heavy atom. The molecule has 0 aliphatic rings. The van der Waals surface area contributed by atoms with E-state index in [-0.39, 0.29) is 11.9 Å². The van der Waals surface area contributed by atoms with Crippen LogP contribution in [0.5, 0.6) is 0 Å². The number of nitrogens with one attached hydrogen (secondary N) is 1. The van der Waals surface area contributed by atoms with Gasteiger partial charge in [-0.3, -0.25) is 4.79 Å². The topological polar surface area (TPSA) is 104 Å². The first-order valence-corrected chi connectivity index (χ1v) is 7.54. The van der Waals surface area contributed by atoms with E-state index in [0.29, 0.717) is 22.9 Å². The molecular weight excluding hydrogens is 306 g/mol. The highest BCUT2D eigenvalue weighted by Gasteiger charge is 2.23. The average molecular weight is 325 g/mol. The minimum Gasteiger partial charge on any atom is -0.383 e. The molecule has 3 rings (SSSR count). The maximum atomic E-state index is 12.6. The lowest BCUT2D eigenvalue weighted by Gasteiger charge is -2.13. The SMILES string of the molecule is Cc1nn(-c2ccccc2)c(N)c1C(=O)N[C@@H](C)c1nncn1C. The molecule has 0 aliphatic carbocycles. The largest absolute Gasteiger partial charge is 0.383 e. The van der Waals surface area contributed by atoms with Gasteiger partial charge in [-0.15, -0.1) is 10.2 Å². The molecule has 0 bridgehead atoms. The summed E-state index contributed by atoms with van der Waals surface area (Å²) in [4.78, 5) is 12.6. The Kier molecular flexibility index (Phi) is 4.03. The summed E-state index contributed by atoms with van der Waals surface area (Å²) in [5.41, 5.74) is 7.91. The zero-order valence-electron chi connectivity index (χ0n) is 13.8. The van der Waals surface area contributed by atoms with Crippen LogP contribution in [0.1, 0.15) is 34.8 Å². The third kappa shape index (κ3) is 2.73. The average Bonchev–Trinajstić information content (AvgIpc) is 3.11. The number of hydrogen-bond acceptors (Lipinski definition) is 5. The number of aryl methyl sites for hydroxylation is 2. The second-order valence-corrected chi connectivity index (χ2v) is 5.59. The van der Waals surface area contributed by atoms with Gasteiger partial charge >= 0.3 is 0 Å². The standard InChI is InChI=1S/C16H19N7O/c1-10-13(14(17)23(21-10)12-7-5-4-6-8-12)16(24)19-11(2)15-20-18-9-22(15)3/h4-9,11H,17H2,1-3H3,(H,19,24)/t11-/m0/s1. The summed E-state index contributed by atoms with van der Waals surface area (Å²) in [6.45, 7) is 3.60. The quantitative estimate of drug-likeness (QED) is 0.754. The lowest BCUT2D eigenvalue weighted by Crippen LogP contribution is -2.29. The van der Waals surface area contributed by atoms with Gasteiger partial charge < -0.3 is 15.6 Å². The summed E-state index contributed by atoms with van der Waals surface area (Å²) in [6, 6.07) is 9.15. The van der Waals surface area contributed by atoms with Crippen molar-refractivity contribution in [2.24, 2.45) is 7.05 Å². The van der Waals surface area contributed by atoms with Crippen LogP contribution in [0.4, 0.5) is 5.82 Å². The molecule has 2 heterocycles. The summed E-state index contributed by atoms with van der Waals surface area (Å²) < 4.78 is 3.33. The number of carbonyl (C=O) groups excluding carboxylic acids is 1. The molecule has 24 heavy (non-hydrogen) atoms. The molecule has 1 atom stereocenters. The molecule has 0 saturated carbocycles. The minimum atomic E-state index is -0.302. The lowest BCUT2D eigenvalue weighted by atomic mass is 10.2. The highest BCUT2D eigenvalue weighted by Crippen LogP contribution is 2.21. The number of aromatic nitrogens is 5. The van der Waals surface area contributed by atoms with Gasteiger partial charge in [0.15, 0.2) is 5.82 Å². The van der Waals surface area contributed by atoms with Crippen LogP contribution in [0.3, 0.4) is 0 Å². The molecule has 0 aliphatic heterocycles. The number of nitrogens with two attached hydrogens (primary N) is 1. The fourth-order valence-electron chi connectivity index (χ4n) is 2.61. The first-order valence-electron chi connectivity index (χ1n) is 7.54. The molecule has 1 amide bonds. The predicted octanol–water partition coefficient (Wildman–Crippen LogP) is 1.38. The van der Waals surface area contributed by atoms with Crippen LogP contribution >= 0.6 is 0 Å². The second kappa shape index (κ2) is 6.15. The Hall–Kier alpha value is -3.16. The summed E-state index contributed by atoms with van der Waals surface area (Å²) in [5, 5.41) is 15.1. The molecule has 0 radical (unpaired) electrons. The van der Waals surface area contributed by atoms with Crippen LogP contribution in [-0.2, 0) is 7.05 Å². The van der Waals surface area contributed by atoms with Crippen LogP contribution < -0.4 is 11.1 Å². The minimum absolute atomic E-state index is 0.289. The van der Waals surface area contributed by atoms with E-state index in [1.807, 2.05) is 44.3 Å².